The smallest absolute Gasteiger partial charge is 0.147 e. The zero-order valence-corrected chi connectivity index (χ0v) is 18.8. The summed E-state index contributed by atoms with van der Waals surface area (Å²) in [6.07, 6.45) is 4.59. The number of ether oxygens (including phenoxy) is 2. The molecule has 3 rings (SSSR count). The predicted molar refractivity (Wildman–Crippen MR) is 122 cm³/mol. The van der Waals surface area contributed by atoms with Crippen molar-refractivity contribution >= 4 is 5.82 Å². The monoisotopic (exact) mass is 424 g/mol. The number of piperazine rings is 1. The number of hydrogen-bond acceptors (Lipinski definition) is 7. The van der Waals surface area contributed by atoms with Gasteiger partial charge in [0, 0.05) is 62.2 Å². The Labute approximate surface area is 185 Å². The molecule has 1 N–H and O–H groups in total. The summed E-state index contributed by atoms with van der Waals surface area (Å²) < 4.78 is 11.2. The number of anilines is 1. The molecule has 0 bridgehead atoms. The van der Waals surface area contributed by atoms with Crippen LogP contribution >= 0.6 is 0 Å². The van der Waals surface area contributed by atoms with E-state index in [1.165, 1.54) is 0 Å². The fraction of sp³-hybridized carbons (Fsp3) is 0.500. The first-order valence-corrected chi connectivity index (χ1v) is 10.6. The van der Waals surface area contributed by atoms with Gasteiger partial charge in [-0.2, -0.15) is 0 Å². The van der Waals surface area contributed by atoms with Gasteiger partial charge in [0.25, 0.3) is 0 Å². The van der Waals surface area contributed by atoms with Crippen molar-refractivity contribution in [2.75, 3.05) is 51.3 Å². The molecule has 0 spiro atoms. The van der Waals surface area contributed by atoms with Crippen LogP contribution in [-0.4, -0.2) is 72.5 Å². The van der Waals surface area contributed by atoms with Crippen LogP contribution in [0.3, 0.4) is 0 Å². The summed E-state index contributed by atoms with van der Waals surface area (Å²) in [7, 11) is 1.62. The van der Waals surface area contributed by atoms with Gasteiger partial charge in [-0.05, 0) is 32.9 Å². The van der Waals surface area contributed by atoms with E-state index in [2.05, 4.69) is 52.4 Å². The molecule has 0 radical (unpaired) electrons. The van der Waals surface area contributed by atoms with Crippen LogP contribution in [0.2, 0.25) is 0 Å². The maximum absolute atomic E-state index is 10.5. The first kappa shape index (κ1) is 22.9. The number of aromatic nitrogens is 2. The number of aliphatic hydroxyl groups is 1. The van der Waals surface area contributed by atoms with Gasteiger partial charge in [-0.15, -0.1) is 0 Å². The lowest BCUT2D eigenvalue weighted by molar-refractivity contribution is 0.0661. The number of aliphatic hydroxyl groups excluding tert-OH is 1. The maximum Gasteiger partial charge on any atom is 0.147 e. The molecule has 1 atom stereocenters. The van der Waals surface area contributed by atoms with Crippen LogP contribution in [0, 0.1) is 17.3 Å². The average Bonchev–Trinajstić information content (AvgIpc) is 2.77. The van der Waals surface area contributed by atoms with Crippen LogP contribution in [-0.2, 0) is 0 Å². The van der Waals surface area contributed by atoms with Gasteiger partial charge in [0.1, 0.15) is 30.0 Å². The lowest BCUT2D eigenvalue weighted by Crippen LogP contribution is -2.49. The van der Waals surface area contributed by atoms with Gasteiger partial charge in [-0.3, -0.25) is 9.88 Å². The summed E-state index contributed by atoms with van der Waals surface area (Å²) >= 11 is 0. The molecule has 2 aromatic rings. The summed E-state index contributed by atoms with van der Waals surface area (Å²) in [5.41, 5.74) is 0.746. The minimum atomic E-state index is -0.585. The average molecular weight is 425 g/mol. The zero-order valence-electron chi connectivity index (χ0n) is 18.8. The van der Waals surface area contributed by atoms with Gasteiger partial charge < -0.3 is 19.5 Å². The van der Waals surface area contributed by atoms with Crippen molar-refractivity contribution in [3.8, 4) is 23.3 Å². The number of nitrogens with zero attached hydrogens (tertiary/aromatic N) is 4. The van der Waals surface area contributed by atoms with E-state index in [-0.39, 0.29) is 12.0 Å². The van der Waals surface area contributed by atoms with Gasteiger partial charge in [-0.25, -0.2) is 4.98 Å². The Morgan fingerprint density at radius 1 is 1.10 bits per heavy atom. The number of rotatable bonds is 7. The maximum atomic E-state index is 10.5. The Hall–Kier alpha value is -2.82. The normalized spacial score (nSPS) is 15.7. The molecule has 166 valence electrons. The third-order valence-electron chi connectivity index (χ3n) is 4.85. The number of methoxy groups -OCH3 is 1. The second-order valence-corrected chi connectivity index (χ2v) is 8.71. The second kappa shape index (κ2) is 10.5. The Morgan fingerprint density at radius 2 is 1.84 bits per heavy atom. The van der Waals surface area contributed by atoms with Crippen molar-refractivity contribution < 1.29 is 14.6 Å². The topological polar surface area (TPSA) is 71.0 Å². The third-order valence-corrected chi connectivity index (χ3v) is 4.85. The van der Waals surface area contributed by atoms with E-state index in [4.69, 9.17) is 9.47 Å². The quantitative estimate of drug-likeness (QED) is 0.685. The summed E-state index contributed by atoms with van der Waals surface area (Å²) in [6, 6.07) is 5.58. The Kier molecular flexibility index (Phi) is 7.72. The van der Waals surface area contributed by atoms with Crippen LogP contribution in [0.1, 0.15) is 26.3 Å². The number of β-amino-alcohol motifs (C(OH)–C–C–N with tert-alkyl or cyclic N) is 1. The van der Waals surface area contributed by atoms with Crippen LogP contribution in [0.25, 0.3) is 0 Å². The lowest BCUT2D eigenvalue weighted by atomic mass is 9.97. The Bertz CT molecular complexity index is 895. The molecule has 1 aliphatic rings. The standard InChI is InChI=1S/C24H32N4O3/c1-24(2,3)6-5-19-13-21(30-4)15-22(14-19)31-18-20(29)17-27-9-11-28(12-10-27)23-16-25-7-8-26-23/h7-8,13-16,20,29H,9-12,17-18H2,1-4H3. The van der Waals surface area contributed by atoms with Crippen molar-refractivity contribution in [3.05, 3.63) is 42.4 Å². The van der Waals surface area contributed by atoms with E-state index in [0.717, 1.165) is 37.6 Å². The highest BCUT2D eigenvalue weighted by Crippen LogP contribution is 2.23. The van der Waals surface area contributed by atoms with Crippen LogP contribution in [0.4, 0.5) is 5.82 Å². The van der Waals surface area contributed by atoms with E-state index in [0.29, 0.717) is 18.0 Å². The van der Waals surface area contributed by atoms with E-state index in [9.17, 15) is 5.11 Å². The molecule has 1 aliphatic heterocycles. The van der Waals surface area contributed by atoms with Gasteiger partial charge >= 0.3 is 0 Å². The van der Waals surface area contributed by atoms with Crippen molar-refractivity contribution in [1.82, 2.24) is 14.9 Å². The van der Waals surface area contributed by atoms with Crippen molar-refractivity contribution in [1.29, 1.82) is 0 Å². The predicted octanol–water partition coefficient (Wildman–Crippen LogP) is 2.44. The highest BCUT2D eigenvalue weighted by atomic mass is 16.5. The van der Waals surface area contributed by atoms with Gasteiger partial charge in [0.15, 0.2) is 0 Å². The Morgan fingerprint density at radius 3 is 2.48 bits per heavy atom. The van der Waals surface area contributed by atoms with Gasteiger partial charge in [0.05, 0.1) is 13.3 Å². The summed E-state index contributed by atoms with van der Waals surface area (Å²) in [6.45, 7) is 10.4. The molecule has 1 saturated heterocycles. The van der Waals surface area contributed by atoms with Gasteiger partial charge in [-0.1, -0.05) is 11.8 Å². The fourth-order valence-corrected chi connectivity index (χ4v) is 3.26. The van der Waals surface area contributed by atoms with Crippen LogP contribution in [0.15, 0.2) is 36.8 Å². The molecule has 0 saturated carbocycles. The Balaban J connectivity index is 1.50. The highest BCUT2D eigenvalue weighted by Gasteiger charge is 2.20. The molecule has 1 fully saturated rings. The summed E-state index contributed by atoms with van der Waals surface area (Å²) in [5, 5.41) is 10.5. The molecular weight excluding hydrogens is 392 g/mol. The minimum absolute atomic E-state index is 0.0859. The van der Waals surface area contributed by atoms with E-state index in [1.54, 1.807) is 25.7 Å². The minimum Gasteiger partial charge on any atom is -0.497 e. The first-order valence-electron chi connectivity index (χ1n) is 10.6. The van der Waals surface area contributed by atoms with E-state index < -0.39 is 6.10 Å². The molecule has 31 heavy (non-hydrogen) atoms. The largest absolute Gasteiger partial charge is 0.497 e. The molecule has 1 aromatic heterocycles. The third kappa shape index (κ3) is 7.42. The van der Waals surface area contributed by atoms with E-state index in [1.807, 2.05) is 18.2 Å². The highest BCUT2D eigenvalue weighted by molar-refractivity contribution is 5.46. The molecule has 1 unspecified atom stereocenters. The molecule has 1 aromatic carbocycles. The summed E-state index contributed by atoms with van der Waals surface area (Å²) in [5.74, 6) is 8.62. The second-order valence-electron chi connectivity index (χ2n) is 8.71. The molecular formula is C24H32N4O3. The molecule has 0 aliphatic carbocycles. The number of hydrogen-bond donors (Lipinski definition) is 1. The van der Waals surface area contributed by atoms with Crippen molar-refractivity contribution in [2.45, 2.75) is 26.9 Å². The number of benzene rings is 1. The first-order chi connectivity index (χ1) is 14.8. The molecule has 2 heterocycles. The fourth-order valence-electron chi connectivity index (χ4n) is 3.26. The summed E-state index contributed by atoms with van der Waals surface area (Å²) in [4.78, 5) is 12.9. The van der Waals surface area contributed by atoms with E-state index >= 15 is 0 Å². The van der Waals surface area contributed by atoms with Crippen LogP contribution < -0.4 is 14.4 Å². The van der Waals surface area contributed by atoms with Crippen molar-refractivity contribution in [2.24, 2.45) is 5.41 Å². The zero-order chi connectivity index (χ0) is 22.3. The molecule has 7 nitrogen and oxygen atoms in total. The molecule has 7 heteroatoms. The van der Waals surface area contributed by atoms with Crippen molar-refractivity contribution in [3.63, 3.8) is 0 Å². The molecule has 0 amide bonds. The van der Waals surface area contributed by atoms with Gasteiger partial charge in [0.2, 0.25) is 0 Å². The lowest BCUT2D eigenvalue weighted by Gasteiger charge is -2.36. The SMILES string of the molecule is COc1cc(C#CC(C)(C)C)cc(OCC(O)CN2CCN(c3cnccn3)CC2)c1. The van der Waals surface area contributed by atoms with Crippen LogP contribution in [0.5, 0.6) is 11.5 Å².